The number of benzene rings is 2. The van der Waals surface area contributed by atoms with E-state index in [1.54, 1.807) is 0 Å². The van der Waals surface area contributed by atoms with E-state index >= 15 is 0 Å². The zero-order valence-corrected chi connectivity index (χ0v) is 23.4. The Labute approximate surface area is 239 Å². The second-order valence-electron chi connectivity index (χ2n) is 12.4. The molecule has 214 valence electrons. The van der Waals surface area contributed by atoms with Gasteiger partial charge < -0.3 is 14.4 Å². The first-order chi connectivity index (χ1) is 19.8. The lowest BCUT2D eigenvalue weighted by Crippen LogP contribution is -2.41. The summed E-state index contributed by atoms with van der Waals surface area (Å²) in [5.41, 5.74) is 3.72. The molecule has 41 heavy (non-hydrogen) atoms. The van der Waals surface area contributed by atoms with Gasteiger partial charge in [-0.15, -0.1) is 0 Å². The summed E-state index contributed by atoms with van der Waals surface area (Å²) in [6, 6.07) is 13.0. The first kappa shape index (κ1) is 26.4. The molecule has 2 saturated carbocycles. The summed E-state index contributed by atoms with van der Waals surface area (Å²) in [7, 11) is 0. The van der Waals surface area contributed by atoms with Crippen LogP contribution in [0, 0.1) is 24.0 Å². The summed E-state index contributed by atoms with van der Waals surface area (Å²) in [5, 5.41) is 0. The van der Waals surface area contributed by atoms with Crippen molar-refractivity contribution < 1.29 is 23.0 Å². The minimum absolute atomic E-state index is 0.00853. The molecule has 2 aliphatic heterocycles. The lowest BCUT2D eigenvalue weighted by atomic mass is 9.77. The zero-order valence-electron chi connectivity index (χ0n) is 23.4. The lowest BCUT2D eigenvalue weighted by molar-refractivity contribution is -0.118. The number of nitrogens with zero attached hydrogens (tertiary/aromatic N) is 3. The predicted octanol–water partition coefficient (Wildman–Crippen LogP) is 6.44. The van der Waals surface area contributed by atoms with E-state index in [-0.39, 0.29) is 29.2 Å². The van der Waals surface area contributed by atoms with Crippen molar-refractivity contribution in [2.75, 3.05) is 24.5 Å². The van der Waals surface area contributed by atoms with Gasteiger partial charge in [0.05, 0.1) is 24.0 Å². The van der Waals surface area contributed by atoms with Crippen molar-refractivity contribution in [2.45, 2.75) is 70.6 Å². The molecule has 6 nitrogen and oxygen atoms in total. The van der Waals surface area contributed by atoms with Crippen LogP contribution in [0.2, 0.25) is 0 Å². The van der Waals surface area contributed by atoms with Crippen LogP contribution < -0.4 is 14.4 Å². The van der Waals surface area contributed by atoms with Crippen LogP contribution in [0.15, 0.2) is 48.7 Å². The Bertz CT molecular complexity index is 1430. The Kier molecular flexibility index (Phi) is 6.69. The molecule has 0 N–H and O–H groups in total. The van der Waals surface area contributed by atoms with E-state index in [2.05, 4.69) is 28.9 Å². The van der Waals surface area contributed by atoms with E-state index in [9.17, 15) is 13.6 Å². The predicted molar refractivity (Wildman–Crippen MR) is 152 cm³/mol. The van der Waals surface area contributed by atoms with E-state index in [4.69, 9.17) is 9.47 Å². The van der Waals surface area contributed by atoms with Crippen LogP contribution >= 0.6 is 0 Å². The van der Waals surface area contributed by atoms with Crippen LogP contribution in [0.25, 0.3) is 11.3 Å². The summed E-state index contributed by atoms with van der Waals surface area (Å²) in [5.74, 6) is -0.148. The molecular formula is C33H35F2N3O3. The second kappa shape index (κ2) is 10.4. The quantitative estimate of drug-likeness (QED) is 0.318. The maximum Gasteiger partial charge on any atom is 0.227 e. The smallest absolute Gasteiger partial charge is 0.227 e. The van der Waals surface area contributed by atoms with Crippen molar-refractivity contribution in [3.8, 4) is 22.8 Å². The van der Waals surface area contributed by atoms with Crippen molar-refractivity contribution in [1.29, 1.82) is 0 Å². The number of halogens is 2. The molecule has 1 amide bonds. The Morgan fingerprint density at radius 3 is 2.17 bits per heavy atom. The Balaban J connectivity index is 1.10. The van der Waals surface area contributed by atoms with Crippen molar-refractivity contribution in [2.24, 2.45) is 5.41 Å². The van der Waals surface area contributed by atoms with Crippen LogP contribution in [0.1, 0.15) is 56.1 Å². The third kappa shape index (κ3) is 5.67. The highest BCUT2D eigenvalue weighted by Gasteiger charge is 2.45. The summed E-state index contributed by atoms with van der Waals surface area (Å²) in [6.07, 6.45) is 7.54. The van der Waals surface area contributed by atoms with Gasteiger partial charge in [0.1, 0.15) is 23.0 Å². The molecule has 3 aromatic rings. The van der Waals surface area contributed by atoms with Gasteiger partial charge in [0.2, 0.25) is 5.91 Å². The number of aryl methyl sites for hydroxylation is 1. The number of hydrogen-bond acceptors (Lipinski definition) is 5. The fraction of sp³-hybridized carbons (Fsp3) is 0.455. The highest BCUT2D eigenvalue weighted by molar-refractivity contribution is 5.96. The molecule has 8 heteroatoms. The van der Waals surface area contributed by atoms with Gasteiger partial charge in [0.15, 0.2) is 5.82 Å². The molecule has 2 aromatic carbocycles. The zero-order chi connectivity index (χ0) is 28.1. The van der Waals surface area contributed by atoms with E-state index < -0.39 is 11.6 Å². The Morgan fingerprint density at radius 2 is 1.59 bits per heavy atom. The normalized spacial score (nSPS) is 20.6. The standard InChI is InChI=1S/C33H35F2N3O3/c1-21-2-4-24(5-3-21)38-20-33(17-30(38)39)10-12-37(13-11-33)19-22-14-28(40-25-6-7-25)31(29(15-22)41-26-8-9-26)32-27(35)16-23(34)18-36-32/h2-5,14-16,18,25-26H,6-13,17,19-20H2,1H3. The average molecular weight is 560 g/mol. The van der Waals surface area contributed by atoms with Crippen LogP contribution in [-0.4, -0.2) is 47.6 Å². The SMILES string of the molecule is Cc1ccc(N2CC3(CCN(Cc4cc(OC5CC5)c(-c5ncc(F)cc5F)c(OC5CC5)c4)CC3)CC2=O)cc1. The number of hydrogen-bond donors (Lipinski definition) is 0. The number of anilines is 1. The molecule has 1 spiro atoms. The fourth-order valence-electron chi connectivity index (χ4n) is 6.12. The second-order valence-corrected chi connectivity index (χ2v) is 12.4. The Hall–Kier alpha value is -3.52. The van der Waals surface area contributed by atoms with Crippen LogP contribution in [-0.2, 0) is 11.3 Å². The van der Waals surface area contributed by atoms with E-state index in [1.165, 1.54) is 5.56 Å². The largest absolute Gasteiger partial charge is 0.490 e. The molecule has 3 heterocycles. The number of carbonyl (C=O) groups excluding carboxylic acids is 1. The fourth-order valence-corrected chi connectivity index (χ4v) is 6.12. The number of amides is 1. The average Bonchev–Trinajstić information content (AvgIpc) is 3.88. The molecule has 1 aromatic heterocycles. The van der Waals surface area contributed by atoms with Crippen LogP contribution in [0.4, 0.5) is 14.5 Å². The minimum atomic E-state index is -0.730. The van der Waals surface area contributed by atoms with Gasteiger partial charge in [-0.1, -0.05) is 17.7 Å². The lowest BCUT2D eigenvalue weighted by Gasteiger charge is -2.39. The van der Waals surface area contributed by atoms with E-state index in [1.807, 2.05) is 29.2 Å². The monoisotopic (exact) mass is 559 g/mol. The third-order valence-electron chi connectivity index (χ3n) is 8.80. The summed E-state index contributed by atoms with van der Waals surface area (Å²) in [4.78, 5) is 21.5. The number of ether oxygens (including phenoxy) is 2. The number of aromatic nitrogens is 1. The molecule has 7 rings (SSSR count). The van der Waals surface area contributed by atoms with Crippen LogP contribution in [0.3, 0.4) is 0 Å². The molecule has 0 unspecified atom stereocenters. The van der Waals surface area contributed by atoms with Gasteiger partial charge in [-0.25, -0.2) is 13.8 Å². The molecule has 2 saturated heterocycles. The first-order valence-corrected chi connectivity index (χ1v) is 14.8. The summed E-state index contributed by atoms with van der Waals surface area (Å²) in [6.45, 7) is 5.31. The maximum absolute atomic E-state index is 15.0. The molecule has 0 radical (unpaired) electrons. The van der Waals surface area contributed by atoms with Gasteiger partial charge in [-0.2, -0.15) is 0 Å². The Morgan fingerprint density at radius 1 is 0.951 bits per heavy atom. The topological polar surface area (TPSA) is 54.9 Å². The van der Waals surface area contributed by atoms with Crippen molar-refractivity contribution in [3.05, 3.63) is 71.4 Å². The highest BCUT2D eigenvalue weighted by atomic mass is 19.1. The van der Waals surface area contributed by atoms with Gasteiger partial charge in [-0.05, 0) is 93.8 Å². The number of rotatable bonds is 8. The number of carbonyl (C=O) groups is 1. The summed E-state index contributed by atoms with van der Waals surface area (Å²) < 4.78 is 41.2. The molecule has 4 fully saturated rings. The maximum atomic E-state index is 15.0. The van der Waals surface area contributed by atoms with Gasteiger partial charge >= 0.3 is 0 Å². The summed E-state index contributed by atoms with van der Waals surface area (Å²) >= 11 is 0. The molecule has 2 aliphatic carbocycles. The third-order valence-corrected chi connectivity index (χ3v) is 8.80. The van der Waals surface area contributed by atoms with Crippen molar-refractivity contribution in [1.82, 2.24) is 9.88 Å². The van der Waals surface area contributed by atoms with E-state index in [0.717, 1.165) is 81.7 Å². The molecule has 4 aliphatic rings. The minimum Gasteiger partial charge on any atom is -0.490 e. The highest BCUT2D eigenvalue weighted by Crippen LogP contribution is 2.46. The number of likely N-dealkylation sites (tertiary alicyclic amines) is 1. The molecule has 0 bridgehead atoms. The van der Waals surface area contributed by atoms with E-state index in [0.29, 0.717) is 30.0 Å². The number of piperidine rings is 1. The van der Waals surface area contributed by atoms with Gasteiger partial charge in [-0.3, -0.25) is 9.69 Å². The van der Waals surface area contributed by atoms with Gasteiger partial charge in [0.25, 0.3) is 0 Å². The number of pyridine rings is 1. The van der Waals surface area contributed by atoms with Crippen molar-refractivity contribution in [3.63, 3.8) is 0 Å². The van der Waals surface area contributed by atoms with Gasteiger partial charge in [0, 0.05) is 31.3 Å². The first-order valence-electron chi connectivity index (χ1n) is 14.8. The molecule has 0 atom stereocenters. The van der Waals surface area contributed by atoms with Crippen molar-refractivity contribution >= 4 is 11.6 Å². The van der Waals surface area contributed by atoms with Crippen LogP contribution in [0.5, 0.6) is 11.5 Å². The molecular weight excluding hydrogens is 524 g/mol.